The van der Waals surface area contributed by atoms with Crippen molar-refractivity contribution in [1.29, 1.82) is 0 Å². The summed E-state index contributed by atoms with van der Waals surface area (Å²) in [4.78, 5) is 14.4. The number of halogens is 1. The third-order valence-electron chi connectivity index (χ3n) is 4.33. The molecule has 5 heteroatoms. The van der Waals surface area contributed by atoms with Crippen molar-refractivity contribution < 1.29 is 9.21 Å². The Hall–Kier alpha value is -2.30. The third-order valence-corrected chi connectivity index (χ3v) is 4.33. The van der Waals surface area contributed by atoms with Crippen LogP contribution >= 0.6 is 12.4 Å². The Kier molecular flexibility index (Phi) is 7.70. The van der Waals surface area contributed by atoms with Gasteiger partial charge in [-0.15, -0.1) is 12.4 Å². The van der Waals surface area contributed by atoms with E-state index in [1.807, 2.05) is 53.4 Å². The molecular formula is C21H25ClN2O2. The molecule has 0 unspecified atom stereocenters. The molecule has 1 heterocycles. The summed E-state index contributed by atoms with van der Waals surface area (Å²) in [5.41, 5.74) is 7.78. The van der Waals surface area contributed by atoms with Crippen LogP contribution in [0.5, 0.6) is 0 Å². The van der Waals surface area contributed by atoms with Gasteiger partial charge < -0.3 is 15.1 Å². The summed E-state index contributed by atoms with van der Waals surface area (Å²) in [6, 6.07) is 20.1. The summed E-state index contributed by atoms with van der Waals surface area (Å²) in [6.45, 7) is 1.76. The normalized spacial score (nSPS) is 10.5. The molecule has 1 amide bonds. The van der Waals surface area contributed by atoms with E-state index in [1.165, 1.54) is 5.56 Å². The summed E-state index contributed by atoms with van der Waals surface area (Å²) in [7, 11) is 0. The minimum absolute atomic E-state index is 0. The first kappa shape index (κ1) is 20.0. The maximum absolute atomic E-state index is 12.6. The zero-order chi connectivity index (χ0) is 17.5. The van der Waals surface area contributed by atoms with Crippen LogP contribution in [0.25, 0.3) is 11.0 Å². The molecule has 0 aliphatic carbocycles. The molecule has 1 aromatic heterocycles. The lowest BCUT2D eigenvalue weighted by Crippen LogP contribution is -2.37. The molecule has 2 N–H and O–H groups in total. The predicted octanol–water partition coefficient (Wildman–Crippen LogP) is 3.82. The van der Waals surface area contributed by atoms with Gasteiger partial charge in [0.25, 0.3) is 0 Å². The zero-order valence-electron chi connectivity index (χ0n) is 14.8. The molecule has 138 valence electrons. The van der Waals surface area contributed by atoms with Gasteiger partial charge in [0.1, 0.15) is 11.3 Å². The predicted molar refractivity (Wildman–Crippen MR) is 108 cm³/mol. The molecule has 0 aliphatic heterocycles. The second kappa shape index (κ2) is 10.00. The average Bonchev–Trinajstić information content (AvgIpc) is 3.07. The van der Waals surface area contributed by atoms with E-state index in [9.17, 15) is 4.79 Å². The number of para-hydroxylation sites is 1. The Morgan fingerprint density at radius 3 is 2.42 bits per heavy atom. The molecule has 0 radical (unpaired) electrons. The molecule has 0 atom stereocenters. The van der Waals surface area contributed by atoms with Crippen LogP contribution < -0.4 is 5.73 Å². The van der Waals surface area contributed by atoms with Crippen LogP contribution in [0.1, 0.15) is 17.7 Å². The molecule has 26 heavy (non-hydrogen) atoms. The maximum atomic E-state index is 12.6. The smallest absolute Gasteiger partial charge is 0.223 e. The number of amides is 1. The van der Waals surface area contributed by atoms with Crippen molar-refractivity contribution in [3.8, 4) is 0 Å². The van der Waals surface area contributed by atoms with Crippen LogP contribution in [0, 0.1) is 0 Å². The van der Waals surface area contributed by atoms with Gasteiger partial charge in [-0.25, -0.2) is 0 Å². The van der Waals surface area contributed by atoms with Gasteiger partial charge in [0, 0.05) is 37.9 Å². The van der Waals surface area contributed by atoms with Gasteiger partial charge in [0.05, 0.1) is 0 Å². The highest BCUT2D eigenvalue weighted by atomic mass is 35.5. The van der Waals surface area contributed by atoms with Crippen molar-refractivity contribution in [2.24, 2.45) is 5.73 Å². The van der Waals surface area contributed by atoms with Gasteiger partial charge in [-0.2, -0.15) is 0 Å². The van der Waals surface area contributed by atoms with Crippen LogP contribution in [-0.4, -0.2) is 30.4 Å². The minimum atomic E-state index is 0. The standard InChI is InChI=1S/C21H24N2O2.ClH/c22-13-15-23(14-12-17-6-2-1-3-7-17)21(24)11-10-19-16-18-8-4-5-9-20(18)25-19;/h1-9,16H,10-15,22H2;1H. The fourth-order valence-corrected chi connectivity index (χ4v) is 2.97. The molecular weight excluding hydrogens is 348 g/mol. The number of fused-ring (bicyclic) bond motifs is 1. The quantitative estimate of drug-likeness (QED) is 0.654. The third kappa shape index (κ3) is 5.35. The Balaban J connectivity index is 0.00000243. The van der Waals surface area contributed by atoms with E-state index < -0.39 is 0 Å². The van der Waals surface area contributed by atoms with E-state index in [2.05, 4.69) is 12.1 Å². The Bertz CT molecular complexity index is 784. The van der Waals surface area contributed by atoms with Crippen molar-refractivity contribution in [2.75, 3.05) is 19.6 Å². The topological polar surface area (TPSA) is 59.5 Å². The number of carbonyl (C=O) groups excluding carboxylic acids is 1. The van der Waals surface area contributed by atoms with Crippen LogP contribution in [0.4, 0.5) is 0 Å². The van der Waals surface area contributed by atoms with Gasteiger partial charge in [-0.3, -0.25) is 4.79 Å². The van der Waals surface area contributed by atoms with E-state index in [0.717, 1.165) is 23.2 Å². The Morgan fingerprint density at radius 1 is 0.962 bits per heavy atom. The van der Waals surface area contributed by atoms with Crippen molar-refractivity contribution in [1.82, 2.24) is 4.90 Å². The summed E-state index contributed by atoms with van der Waals surface area (Å²) in [5.74, 6) is 0.979. The summed E-state index contributed by atoms with van der Waals surface area (Å²) >= 11 is 0. The molecule has 3 rings (SSSR count). The van der Waals surface area contributed by atoms with Gasteiger partial charge in [0.15, 0.2) is 0 Å². The fraction of sp³-hybridized carbons (Fsp3) is 0.286. The monoisotopic (exact) mass is 372 g/mol. The number of hydrogen-bond donors (Lipinski definition) is 1. The van der Waals surface area contributed by atoms with E-state index >= 15 is 0 Å². The highest BCUT2D eigenvalue weighted by Gasteiger charge is 2.14. The minimum Gasteiger partial charge on any atom is -0.461 e. The number of carbonyl (C=O) groups is 1. The highest BCUT2D eigenvalue weighted by Crippen LogP contribution is 2.20. The molecule has 0 spiro atoms. The van der Waals surface area contributed by atoms with E-state index in [-0.39, 0.29) is 18.3 Å². The number of furan rings is 1. The molecule has 3 aromatic rings. The lowest BCUT2D eigenvalue weighted by atomic mass is 10.1. The molecule has 0 saturated heterocycles. The van der Waals surface area contributed by atoms with E-state index in [1.54, 1.807) is 0 Å². The molecule has 4 nitrogen and oxygen atoms in total. The van der Waals surface area contributed by atoms with Crippen molar-refractivity contribution in [3.63, 3.8) is 0 Å². The SMILES string of the molecule is Cl.NCCN(CCc1ccccc1)C(=O)CCc1cc2ccccc2o1. The van der Waals surface area contributed by atoms with Gasteiger partial charge >= 0.3 is 0 Å². The van der Waals surface area contributed by atoms with Crippen LogP contribution in [-0.2, 0) is 17.6 Å². The average molecular weight is 373 g/mol. The van der Waals surface area contributed by atoms with E-state index in [0.29, 0.717) is 32.5 Å². The van der Waals surface area contributed by atoms with Crippen LogP contribution in [0.3, 0.4) is 0 Å². The summed E-state index contributed by atoms with van der Waals surface area (Å²) in [6.07, 6.45) is 1.89. The summed E-state index contributed by atoms with van der Waals surface area (Å²) < 4.78 is 5.79. The molecule has 0 fully saturated rings. The number of benzene rings is 2. The van der Waals surface area contributed by atoms with Gasteiger partial charge in [-0.05, 0) is 24.1 Å². The molecule has 0 aliphatic rings. The number of nitrogens with zero attached hydrogens (tertiary/aromatic N) is 1. The fourth-order valence-electron chi connectivity index (χ4n) is 2.97. The first-order chi connectivity index (χ1) is 12.3. The van der Waals surface area contributed by atoms with Crippen LogP contribution in [0.2, 0.25) is 0 Å². The Labute approximate surface area is 160 Å². The van der Waals surface area contributed by atoms with Crippen LogP contribution in [0.15, 0.2) is 65.1 Å². The van der Waals surface area contributed by atoms with Gasteiger partial charge in [-0.1, -0.05) is 48.5 Å². The maximum Gasteiger partial charge on any atom is 0.223 e. The van der Waals surface area contributed by atoms with Crippen molar-refractivity contribution >= 4 is 29.3 Å². The number of rotatable bonds is 8. The molecule has 0 bridgehead atoms. The largest absolute Gasteiger partial charge is 0.461 e. The first-order valence-corrected chi connectivity index (χ1v) is 8.75. The second-order valence-electron chi connectivity index (χ2n) is 6.16. The molecule has 0 saturated carbocycles. The lowest BCUT2D eigenvalue weighted by Gasteiger charge is -2.22. The zero-order valence-corrected chi connectivity index (χ0v) is 15.6. The van der Waals surface area contributed by atoms with Crippen molar-refractivity contribution in [2.45, 2.75) is 19.3 Å². The Morgan fingerprint density at radius 2 is 1.69 bits per heavy atom. The second-order valence-corrected chi connectivity index (χ2v) is 6.16. The number of aryl methyl sites for hydroxylation is 1. The lowest BCUT2D eigenvalue weighted by molar-refractivity contribution is -0.131. The summed E-state index contributed by atoms with van der Waals surface area (Å²) in [5, 5.41) is 1.08. The highest BCUT2D eigenvalue weighted by molar-refractivity contribution is 5.85. The van der Waals surface area contributed by atoms with E-state index in [4.69, 9.17) is 10.2 Å². The number of nitrogens with two attached hydrogens (primary N) is 1. The number of hydrogen-bond acceptors (Lipinski definition) is 3. The van der Waals surface area contributed by atoms with Gasteiger partial charge in [0.2, 0.25) is 5.91 Å². The molecule has 2 aromatic carbocycles. The van der Waals surface area contributed by atoms with Crippen molar-refractivity contribution in [3.05, 3.63) is 72.0 Å². The first-order valence-electron chi connectivity index (χ1n) is 8.75.